The first-order chi connectivity index (χ1) is 9.15. The van der Waals surface area contributed by atoms with Crippen molar-refractivity contribution >= 4 is 5.91 Å². The molecule has 19 heavy (non-hydrogen) atoms. The smallest absolute Gasteiger partial charge is 0.255 e. The van der Waals surface area contributed by atoms with Crippen molar-refractivity contribution < 1.29 is 9.90 Å². The molecule has 100 valence electrons. The van der Waals surface area contributed by atoms with E-state index in [4.69, 9.17) is 5.11 Å². The van der Waals surface area contributed by atoms with Crippen LogP contribution >= 0.6 is 0 Å². The summed E-state index contributed by atoms with van der Waals surface area (Å²) in [6.45, 7) is 1.90. The summed E-state index contributed by atoms with van der Waals surface area (Å²) in [7, 11) is 1.85. The SMILES string of the molecule is CC(C1CC1)N(C)C(=O)c1ccccc1C#CCO. The van der Waals surface area contributed by atoms with Crippen LogP contribution < -0.4 is 0 Å². The molecule has 0 aliphatic heterocycles. The van der Waals surface area contributed by atoms with Crippen LogP contribution in [0.25, 0.3) is 0 Å². The molecule has 0 spiro atoms. The third kappa shape index (κ3) is 3.15. The number of nitrogens with zero attached hydrogens (tertiary/aromatic N) is 1. The summed E-state index contributed by atoms with van der Waals surface area (Å²) >= 11 is 0. The van der Waals surface area contributed by atoms with Crippen molar-refractivity contribution in [2.24, 2.45) is 5.92 Å². The van der Waals surface area contributed by atoms with Crippen LogP contribution in [0, 0.1) is 17.8 Å². The van der Waals surface area contributed by atoms with E-state index in [0.29, 0.717) is 17.0 Å². The van der Waals surface area contributed by atoms with Gasteiger partial charge in [-0.2, -0.15) is 0 Å². The average molecular weight is 257 g/mol. The lowest BCUT2D eigenvalue weighted by atomic mass is 10.1. The monoisotopic (exact) mass is 257 g/mol. The Kier molecular flexibility index (Phi) is 4.24. The van der Waals surface area contributed by atoms with Gasteiger partial charge in [-0.25, -0.2) is 0 Å². The first-order valence-corrected chi connectivity index (χ1v) is 6.61. The van der Waals surface area contributed by atoms with Crippen LogP contribution in [0.1, 0.15) is 35.7 Å². The molecule has 3 nitrogen and oxygen atoms in total. The molecule has 0 bridgehead atoms. The normalized spacial score (nSPS) is 15.3. The third-order valence-electron chi connectivity index (χ3n) is 3.70. The van der Waals surface area contributed by atoms with Crippen molar-refractivity contribution in [2.75, 3.05) is 13.7 Å². The molecule has 0 heterocycles. The van der Waals surface area contributed by atoms with E-state index in [0.717, 1.165) is 0 Å². The number of hydrogen-bond donors (Lipinski definition) is 1. The minimum atomic E-state index is -0.198. The Morgan fingerprint density at radius 2 is 2.16 bits per heavy atom. The molecule has 0 saturated heterocycles. The maximum absolute atomic E-state index is 12.5. The predicted molar refractivity (Wildman–Crippen MR) is 74.7 cm³/mol. The summed E-state index contributed by atoms with van der Waals surface area (Å²) in [5.41, 5.74) is 1.29. The zero-order valence-electron chi connectivity index (χ0n) is 11.4. The van der Waals surface area contributed by atoms with Gasteiger partial charge < -0.3 is 10.0 Å². The Balaban J connectivity index is 2.22. The van der Waals surface area contributed by atoms with E-state index < -0.39 is 0 Å². The lowest BCUT2D eigenvalue weighted by Crippen LogP contribution is -2.36. The highest BCUT2D eigenvalue weighted by Crippen LogP contribution is 2.35. The maximum Gasteiger partial charge on any atom is 0.255 e. The minimum absolute atomic E-state index is 0.00207. The number of aliphatic hydroxyl groups is 1. The lowest BCUT2D eigenvalue weighted by molar-refractivity contribution is 0.0727. The van der Waals surface area contributed by atoms with Gasteiger partial charge in [-0.05, 0) is 37.8 Å². The number of carbonyl (C=O) groups is 1. The molecule has 1 N–H and O–H groups in total. The van der Waals surface area contributed by atoms with Crippen LogP contribution in [0.2, 0.25) is 0 Å². The highest BCUT2D eigenvalue weighted by Gasteiger charge is 2.33. The van der Waals surface area contributed by atoms with Crippen LogP contribution in [0.3, 0.4) is 0 Å². The summed E-state index contributed by atoms with van der Waals surface area (Å²) in [6, 6.07) is 7.56. The summed E-state index contributed by atoms with van der Waals surface area (Å²) in [4.78, 5) is 14.3. The molecule has 1 aliphatic carbocycles. The van der Waals surface area contributed by atoms with Gasteiger partial charge in [0.1, 0.15) is 6.61 Å². The van der Waals surface area contributed by atoms with Crippen LogP contribution in [0.5, 0.6) is 0 Å². The number of rotatable bonds is 3. The molecule has 1 aromatic rings. The summed E-state index contributed by atoms with van der Waals surface area (Å²) < 4.78 is 0. The van der Waals surface area contributed by atoms with E-state index in [2.05, 4.69) is 18.8 Å². The molecule has 3 heteroatoms. The average Bonchev–Trinajstić information content (AvgIpc) is 3.27. The largest absolute Gasteiger partial charge is 0.384 e. The van der Waals surface area contributed by atoms with Crippen molar-refractivity contribution in [1.29, 1.82) is 0 Å². The first kappa shape index (κ1) is 13.6. The molecular formula is C16H19NO2. The van der Waals surface area contributed by atoms with Gasteiger partial charge in [0.05, 0.1) is 5.56 Å². The predicted octanol–water partition coefficient (Wildman–Crippen LogP) is 1.90. The summed E-state index contributed by atoms with van der Waals surface area (Å²) in [5.74, 6) is 6.08. The van der Waals surface area contributed by atoms with Crippen LogP contribution in [0.4, 0.5) is 0 Å². The van der Waals surface area contributed by atoms with Gasteiger partial charge in [0.15, 0.2) is 0 Å². The second-order valence-electron chi connectivity index (χ2n) is 5.00. The van der Waals surface area contributed by atoms with E-state index in [1.165, 1.54) is 12.8 Å². The fourth-order valence-corrected chi connectivity index (χ4v) is 2.18. The second-order valence-corrected chi connectivity index (χ2v) is 5.00. The number of aliphatic hydroxyl groups excluding tert-OH is 1. The van der Waals surface area contributed by atoms with Gasteiger partial charge in [0, 0.05) is 18.7 Å². The fourth-order valence-electron chi connectivity index (χ4n) is 2.18. The van der Waals surface area contributed by atoms with E-state index in [-0.39, 0.29) is 18.6 Å². The summed E-state index contributed by atoms with van der Waals surface area (Å²) in [6.07, 6.45) is 2.43. The van der Waals surface area contributed by atoms with Crippen molar-refractivity contribution in [3.05, 3.63) is 35.4 Å². The van der Waals surface area contributed by atoms with E-state index >= 15 is 0 Å². The van der Waals surface area contributed by atoms with Gasteiger partial charge >= 0.3 is 0 Å². The van der Waals surface area contributed by atoms with E-state index in [9.17, 15) is 4.79 Å². The molecule has 1 saturated carbocycles. The maximum atomic E-state index is 12.5. The molecule has 0 radical (unpaired) electrons. The topological polar surface area (TPSA) is 40.5 Å². The molecular weight excluding hydrogens is 238 g/mol. The Hall–Kier alpha value is -1.79. The van der Waals surface area contributed by atoms with Crippen molar-refractivity contribution in [1.82, 2.24) is 4.90 Å². The zero-order valence-corrected chi connectivity index (χ0v) is 11.4. The molecule has 0 aromatic heterocycles. The third-order valence-corrected chi connectivity index (χ3v) is 3.70. The van der Waals surface area contributed by atoms with Crippen molar-refractivity contribution in [3.63, 3.8) is 0 Å². The molecule has 1 fully saturated rings. The molecule has 1 unspecified atom stereocenters. The molecule has 1 aliphatic rings. The van der Waals surface area contributed by atoms with Crippen molar-refractivity contribution in [3.8, 4) is 11.8 Å². The van der Waals surface area contributed by atoms with Gasteiger partial charge in [-0.3, -0.25) is 4.79 Å². The van der Waals surface area contributed by atoms with Gasteiger partial charge in [-0.15, -0.1) is 0 Å². The van der Waals surface area contributed by atoms with Gasteiger partial charge in [0.25, 0.3) is 5.91 Å². The quantitative estimate of drug-likeness (QED) is 0.840. The van der Waals surface area contributed by atoms with Gasteiger partial charge in [0.2, 0.25) is 0 Å². The molecule has 2 rings (SSSR count). The fraction of sp³-hybridized carbons (Fsp3) is 0.438. The number of hydrogen-bond acceptors (Lipinski definition) is 2. The van der Waals surface area contributed by atoms with Crippen molar-refractivity contribution in [2.45, 2.75) is 25.8 Å². The Morgan fingerprint density at radius 3 is 2.79 bits per heavy atom. The summed E-state index contributed by atoms with van der Waals surface area (Å²) in [5, 5.41) is 8.77. The second kappa shape index (κ2) is 5.90. The number of carbonyl (C=O) groups excluding carboxylic acids is 1. The highest BCUT2D eigenvalue weighted by molar-refractivity contribution is 5.96. The Morgan fingerprint density at radius 1 is 1.47 bits per heavy atom. The standard InChI is InChI=1S/C16H19NO2/c1-12(13-9-10-13)17(2)16(19)15-8-4-3-6-14(15)7-5-11-18/h3-4,6,8,12-13,18H,9-11H2,1-2H3. The Bertz CT molecular complexity index is 523. The van der Waals surface area contributed by atoms with E-state index in [1.54, 1.807) is 11.0 Å². The van der Waals surface area contributed by atoms with Crippen LogP contribution in [0.15, 0.2) is 24.3 Å². The lowest BCUT2D eigenvalue weighted by Gasteiger charge is -2.25. The minimum Gasteiger partial charge on any atom is -0.384 e. The van der Waals surface area contributed by atoms with E-state index in [1.807, 2.05) is 25.2 Å². The number of amides is 1. The molecule has 1 atom stereocenters. The zero-order chi connectivity index (χ0) is 13.8. The molecule has 1 amide bonds. The highest BCUT2D eigenvalue weighted by atomic mass is 16.2. The van der Waals surface area contributed by atoms with Crippen LogP contribution in [-0.4, -0.2) is 35.6 Å². The first-order valence-electron chi connectivity index (χ1n) is 6.61. The molecule has 1 aromatic carbocycles. The van der Waals surface area contributed by atoms with Gasteiger partial charge in [-0.1, -0.05) is 24.0 Å². The van der Waals surface area contributed by atoms with Crippen LogP contribution in [-0.2, 0) is 0 Å². The Labute approximate surface area is 114 Å². The number of benzene rings is 1.